The smallest absolute Gasteiger partial charge is 0.164 e. The highest BCUT2D eigenvalue weighted by atomic mass is 15.0. The molecule has 0 atom stereocenters. The Bertz CT molecular complexity index is 3630. The van der Waals surface area contributed by atoms with Gasteiger partial charge in [-0.2, -0.15) is 0 Å². The monoisotopic (exact) mass is 869 g/mol. The van der Waals surface area contributed by atoms with Gasteiger partial charge in [-0.15, -0.1) is 0 Å². The Morgan fingerprint density at radius 2 is 0.574 bits per heavy atom. The van der Waals surface area contributed by atoms with Crippen molar-refractivity contribution < 1.29 is 0 Å². The zero-order valence-electron chi connectivity index (χ0n) is 36.6. The van der Waals surface area contributed by atoms with Crippen LogP contribution >= 0.6 is 0 Å². The van der Waals surface area contributed by atoms with Crippen molar-refractivity contribution in [1.82, 2.24) is 34.1 Å². The minimum atomic E-state index is 0.612. The molecule has 13 rings (SSSR count). The molecule has 0 N–H and O–H groups in total. The second kappa shape index (κ2) is 16.3. The van der Waals surface area contributed by atoms with Crippen LogP contribution in [-0.2, 0) is 0 Å². The summed E-state index contributed by atoms with van der Waals surface area (Å²) in [6, 6.07) is 82.1. The number of benzene rings is 9. The van der Waals surface area contributed by atoms with Crippen molar-refractivity contribution in [2.75, 3.05) is 0 Å². The van der Waals surface area contributed by atoms with Crippen LogP contribution in [-0.4, -0.2) is 34.1 Å². The molecule has 0 amide bonds. The lowest BCUT2D eigenvalue weighted by Gasteiger charge is -2.12. The maximum Gasteiger partial charge on any atom is 0.164 e. The van der Waals surface area contributed by atoms with Crippen molar-refractivity contribution in [2.45, 2.75) is 0 Å². The van der Waals surface area contributed by atoms with Crippen LogP contribution < -0.4 is 0 Å². The van der Waals surface area contributed by atoms with Crippen LogP contribution in [0.2, 0.25) is 0 Å². The Hall–Kier alpha value is -9.33. The zero-order valence-corrected chi connectivity index (χ0v) is 36.6. The minimum Gasteiger partial charge on any atom is -0.309 e. The maximum absolute atomic E-state index is 5.18. The quantitative estimate of drug-likeness (QED) is 0.152. The van der Waals surface area contributed by atoms with Crippen LogP contribution in [0.4, 0.5) is 0 Å². The van der Waals surface area contributed by atoms with Gasteiger partial charge in [-0.25, -0.2) is 24.9 Å². The molecule has 4 aromatic heterocycles. The highest BCUT2D eigenvalue weighted by Crippen LogP contribution is 2.43. The third-order valence-corrected chi connectivity index (χ3v) is 12.8. The molecule has 318 valence electrons. The lowest BCUT2D eigenvalue weighted by atomic mass is 10.1. The number of aromatic nitrogens is 7. The summed E-state index contributed by atoms with van der Waals surface area (Å²) in [5.41, 5.74) is 14.0. The average molecular weight is 870 g/mol. The first-order valence-corrected chi connectivity index (χ1v) is 22.8. The van der Waals surface area contributed by atoms with Gasteiger partial charge in [0.05, 0.1) is 33.5 Å². The highest BCUT2D eigenvalue weighted by molar-refractivity contribution is 6.29. The molecule has 13 aromatic rings. The van der Waals surface area contributed by atoms with Crippen molar-refractivity contribution in [3.63, 3.8) is 0 Å². The molecule has 7 nitrogen and oxygen atoms in total. The average Bonchev–Trinajstić information content (AvgIpc) is 3.95. The molecule has 0 aliphatic carbocycles. The van der Waals surface area contributed by atoms with Gasteiger partial charge in [0.25, 0.3) is 0 Å². The predicted molar refractivity (Wildman–Crippen MR) is 277 cm³/mol. The second-order valence-electron chi connectivity index (χ2n) is 16.9. The van der Waals surface area contributed by atoms with Gasteiger partial charge in [-0.3, -0.25) is 0 Å². The van der Waals surface area contributed by atoms with Gasteiger partial charge in [-0.1, -0.05) is 182 Å². The largest absolute Gasteiger partial charge is 0.309 e. The Morgan fingerprint density at radius 1 is 0.235 bits per heavy atom. The van der Waals surface area contributed by atoms with Gasteiger partial charge in [0, 0.05) is 66.3 Å². The van der Waals surface area contributed by atoms with Gasteiger partial charge in [0.2, 0.25) is 0 Å². The third-order valence-electron chi connectivity index (χ3n) is 12.8. The first kappa shape index (κ1) is 39.1. The Labute approximate surface area is 392 Å². The standard InChI is InChI=1S/C61H39N7/c1-5-19-40(20-6-1)50-39-51(41-21-7-2-8-22-41)63-60(62-50)44-27-17-29-46(37-44)67-52-33-15-13-31-48(52)56-54(67)35-36-55-57(56)49-32-14-16-34-53(49)68(55)47-30-18-28-45(38-47)61-65-58(42-23-9-3-10-24-42)64-59(66-61)43-25-11-4-12-26-43/h1-39H. The summed E-state index contributed by atoms with van der Waals surface area (Å²) in [5.74, 6) is 2.55. The van der Waals surface area contributed by atoms with E-state index >= 15 is 0 Å². The molecule has 0 aliphatic heterocycles. The Morgan fingerprint density at radius 3 is 1.00 bits per heavy atom. The van der Waals surface area contributed by atoms with Crippen LogP contribution in [0.3, 0.4) is 0 Å². The van der Waals surface area contributed by atoms with Crippen molar-refractivity contribution in [1.29, 1.82) is 0 Å². The Balaban J connectivity index is 0.981. The summed E-state index contributed by atoms with van der Waals surface area (Å²) >= 11 is 0. The number of hydrogen-bond donors (Lipinski definition) is 0. The number of hydrogen-bond acceptors (Lipinski definition) is 5. The van der Waals surface area contributed by atoms with E-state index in [4.69, 9.17) is 24.9 Å². The fourth-order valence-corrected chi connectivity index (χ4v) is 9.67. The summed E-state index contributed by atoms with van der Waals surface area (Å²) in [6.07, 6.45) is 0. The Kier molecular flexibility index (Phi) is 9.35. The van der Waals surface area contributed by atoms with Crippen LogP contribution in [0.1, 0.15) is 0 Å². The fraction of sp³-hybridized carbons (Fsp3) is 0. The third kappa shape index (κ3) is 6.72. The molecule has 0 aliphatic rings. The molecule has 9 aromatic carbocycles. The molecule has 0 spiro atoms. The van der Waals surface area contributed by atoms with Crippen molar-refractivity contribution in [3.05, 3.63) is 237 Å². The van der Waals surface area contributed by atoms with Crippen LogP contribution in [0.5, 0.6) is 0 Å². The molecule has 4 heterocycles. The van der Waals surface area contributed by atoms with E-state index in [9.17, 15) is 0 Å². The summed E-state index contributed by atoms with van der Waals surface area (Å²) in [7, 11) is 0. The molecular formula is C61H39N7. The van der Waals surface area contributed by atoms with E-state index in [1.807, 2.05) is 97.1 Å². The summed E-state index contributed by atoms with van der Waals surface area (Å²) in [4.78, 5) is 25.5. The van der Waals surface area contributed by atoms with Crippen LogP contribution in [0.15, 0.2) is 237 Å². The molecule has 68 heavy (non-hydrogen) atoms. The zero-order chi connectivity index (χ0) is 45.0. The van der Waals surface area contributed by atoms with E-state index in [1.54, 1.807) is 0 Å². The van der Waals surface area contributed by atoms with Gasteiger partial charge < -0.3 is 9.13 Å². The summed E-state index contributed by atoms with van der Waals surface area (Å²) in [6.45, 7) is 0. The minimum absolute atomic E-state index is 0.612. The van der Waals surface area contributed by atoms with E-state index in [-0.39, 0.29) is 0 Å². The van der Waals surface area contributed by atoms with Gasteiger partial charge in [0.15, 0.2) is 23.3 Å². The molecule has 0 unspecified atom stereocenters. The highest BCUT2D eigenvalue weighted by Gasteiger charge is 2.22. The van der Waals surface area contributed by atoms with E-state index < -0.39 is 0 Å². The number of fused-ring (bicyclic) bond motifs is 7. The van der Waals surface area contributed by atoms with Crippen molar-refractivity contribution >= 4 is 43.6 Å². The molecule has 0 radical (unpaired) electrons. The lowest BCUT2D eigenvalue weighted by molar-refractivity contribution is 1.07. The first-order valence-electron chi connectivity index (χ1n) is 22.8. The van der Waals surface area contributed by atoms with Crippen molar-refractivity contribution in [3.8, 4) is 79.4 Å². The van der Waals surface area contributed by atoms with Crippen LogP contribution in [0.25, 0.3) is 123 Å². The molecule has 0 fully saturated rings. The van der Waals surface area contributed by atoms with Gasteiger partial charge >= 0.3 is 0 Å². The summed E-state index contributed by atoms with van der Waals surface area (Å²) < 4.78 is 4.76. The van der Waals surface area contributed by atoms with E-state index in [0.29, 0.717) is 23.3 Å². The molecule has 7 heteroatoms. The number of rotatable bonds is 8. The van der Waals surface area contributed by atoms with Gasteiger partial charge in [0.1, 0.15) is 0 Å². The predicted octanol–water partition coefficient (Wildman–Crippen LogP) is 14.9. The summed E-state index contributed by atoms with van der Waals surface area (Å²) in [5, 5.41) is 4.74. The fourth-order valence-electron chi connectivity index (χ4n) is 9.67. The lowest BCUT2D eigenvalue weighted by Crippen LogP contribution is -2.01. The SMILES string of the molecule is c1ccc(-c2cc(-c3ccccc3)nc(-c3cccc(-n4c5ccccc5c5c6c7ccccc7n(-c7cccc(-c8nc(-c9ccccc9)nc(-c9ccccc9)n8)c7)c6ccc54)c3)n2)cc1. The first-order chi connectivity index (χ1) is 33.7. The topological polar surface area (TPSA) is 74.3 Å². The van der Waals surface area contributed by atoms with E-state index in [2.05, 4.69) is 149 Å². The second-order valence-corrected chi connectivity index (χ2v) is 16.9. The molecule has 0 saturated heterocycles. The normalized spacial score (nSPS) is 11.5. The molecular weight excluding hydrogens is 831 g/mol. The van der Waals surface area contributed by atoms with Crippen molar-refractivity contribution in [2.24, 2.45) is 0 Å². The number of para-hydroxylation sites is 2. The van der Waals surface area contributed by atoms with E-state index in [0.717, 1.165) is 78.2 Å². The van der Waals surface area contributed by atoms with Gasteiger partial charge in [-0.05, 0) is 54.6 Å². The van der Waals surface area contributed by atoms with E-state index in [1.165, 1.54) is 21.5 Å². The molecule has 0 saturated carbocycles. The van der Waals surface area contributed by atoms with Crippen LogP contribution in [0, 0.1) is 0 Å². The molecule has 0 bridgehead atoms. The number of nitrogens with zero attached hydrogens (tertiary/aromatic N) is 7. The maximum atomic E-state index is 5.18.